The molecule has 2 N–H and O–H groups in total. The third kappa shape index (κ3) is 4.98. The highest BCUT2D eigenvalue weighted by Crippen LogP contribution is 2.42. The van der Waals surface area contributed by atoms with Crippen LogP contribution >= 0.6 is 11.6 Å². The monoisotopic (exact) mass is 444 g/mol. The van der Waals surface area contributed by atoms with Crippen LogP contribution in [0.15, 0.2) is 36.0 Å². The van der Waals surface area contributed by atoms with Crippen molar-refractivity contribution in [3.8, 4) is 0 Å². The molecule has 2 amide bonds. The van der Waals surface area contributed by atoms with Gasteiger partial charge in [-0.2, -0.15) is 0 Å². The molecule has 1 aromatic carbocycles. The first-order valence-corrected chi connectivity index (χ1v) is 11.3. The highest BCUT2D eigenvalue weighted by atomic mass is 35.5. The molecule has 0 bridgehead atoms. The van der Waals surface area contributed by atoms with Crippen LogP contribution in [0.25, 0.3) is 5.57 Å². The van der Waals surface area contributed by atoms with Gasteiger partial charge in [-0.25, -0.2) is 4.79 Å². The lowest BCUT2D eigenvalue weighted by Crippen LogP contribution is -2.54. The fourth-order valence-electron chi connectivity index (χ4n) is 4.47. The van der Waals surface area contributed by atoms with Crippen LogP contribution in [0.3, 0.4) is 0 Å². The van der Waals surface area contributed by atoms with E-state index in [4.69, 9.17) is 16.7 Å². The average molecular weight is 445 g/mol. The highest BCUT2D eigenvalue weighted by Gasteiger charge is 2.40. The molecule has 1 aliphatic carbocycles. The molecule has 1 heterocycles. The highest BCUT2D eigenvalue weighted by molar-refractivity contribution is 6.32. The summed E-state index contributed by atoms with van der Waals surface area (Å²) >= 11 is 6.74. The minimum absolute atomic E-state index is 0.0988. The van der Waals surface area contributed by atoms with Gasteiger partial charge in [-0.05, 0) is 65.9 Å². The second-order valence-electron chi connectivity index (χ2n) is 9.92. The zero-order valence-electron chi connectivity index (χ0n) is 19.1. The van der Waals surface area contributed by atoms with Gasteiger partial charge in [0.25, 0.3) is 0 Å². The second-order valence-corrected chi connectivity index (χ2v) is 10.3. The van der Waals surface area contributed by atoms with E-state index in [0.29, 0.717) is 10.4 Å². The van der Waals surface area contributed by atoms with Crippen molar-refractivity contribution in [2.45, 2.75) is 65.8 Å². The molecule has 1 aliphatic heterocycles. The first-order valence-electron chi connectivity index (χ1n) is 11.0. The summed E-state index contributed by atoms with van der Waals surface area (Å²) in [5.41, 5.74) is 3.90. The van der Waals surface area contributed by atoms with Crippen LogP contribution in [0.4, 0.5) is 4.79 Å². The van der Waals surface area contributed by atoms with Crippen LogP contribution in [-0.4, -0.2) is 28.6 Å². The number of urea groups is 1. The molecule has 6 heteroatoms. The summed E-state index contributed by atoms with van der Waals surface area (Å²) in [7, 11) is 0. The number of hydrogen-bond donors (Lipinski definition) is 2. The summed E-state index contributed by atoms with van der Waals surface area (Å²) in [6.07, 6.45) is 7.19. The Morgan fingerprint density at radius 3 is 2.55 bits per heavy atom. The quantitative estimate of drug-likeness (QED) is 0.549. The van der Waals surface area contributed by atoms with Crippen LogP contribution < -0.4 is 5.32 Å². The summed E-state index contributed by atoms with van der Waals surface area (Å²) in [6.45, 7) is 10.8. The molecule has 0 saturated carbocycles. The molecular formula is C25H33ClN2O3. The number of rotatable bonds is 6. The predicted octanol–water partition coefficient (Wildman–Crippen LogP) is 6.19. The molecule has 0 fully saturated rings. The molecule has 0 saturated heterocycles. The van der Waals surface area contributed by atoms with Crippen LogP contribution in [0.1, 0.15) is 71.4 Å². The molecule has 3 rings (SSSR count). The van der Waals surface area contributed by atoms with Gasteiger partial charge < -0.3 is 15.3 Å². The zero-order chi connectivity index (χ0) is 23.0. The molecule has 0 aromatic heterocycles. The third-order valence-corrected chi connectivity index (χ3v) is 6.86. The van der Waals surface area contributed by atoms with Gasteiger partial charge >= 0.3 is 12.0 Å². The number of nitrogens with zero attached hydrogens (tertiary/aromatic N) is 1. The van der Waals surface area contributed by atoms with E-state index in [1.165, 1.54) is 10.5 Å². The van der Waals surface area contributed by atoms with Crippen LogP contribution in [0, 0.1) is 11.3 Å². The SMILES string of the molecule is CC(C)C1=CN(CCC(=O)O)C(=O)NC1(C)c1ccc(C2=CCC(C)(C)CC2)c(Cl)c1. The van der Waals surface area contributed by atoms with E-state index in [0.717, 1.165) is 36.0 Å². The second kappa shape index (κ2) is 8.70. The number of carbonyl (C=O) groups is 2. The molecule has 31 heavy (non-hydrogen) atoms. The Kier molecular flexibility index (Phi) is 6.56. The normalized spacial score (nSPS) is 23.3. The van der Waals surface area contributed by atoms with Crippen molar-refractivity contribution in [1.29, 1.82) is 0 Å². The molecule has 1 atom stereocenters. The summed E-state index contributed by atoms with van der Waals surface area (Å²) in [6, 6.07) is 5.77. The van der Waals surface area contributed by atoms with Crippen molar-refractivity contribution in [3.63, 3.8) is 0 Å². The van der Waals surface area contributed by atoms with E-state index >= 15 is 0 Å². The minimum Gasteiger partial charge on any atom is -0.481 e. The molecule has 1 unspecified atom stereocenters. The minimum atomic E-state index is -0.927. The number of allylic oxidation sites excluding steroid dienone is 2. The third-order valence-electron chi connectivity index (χ3n) is 6.54. The zero-order valence-corrected chi connectivity index (χ0v) is 19.8. The largest absolute Gasteiger partial charge is 0.481 e. The van der Waals surface area contributed by atoms with Crippen molar-refractivity contribution < 1.29 is 14.7 Å². The first kappa shape index (κ1) is 23.4. The number of aliphatic carboxylic acids is 1. The molecular weight excluding hydrogens is 412 g/mol. The Morgan fingerprint density at radius 1 is 1.29 bits per heavy atom. The number of halogens is 1. The number of nitrogens with one attached hydrogen (secondary N) is 1. The van der Waals surface area contributed by atoms with Crippen molar-refractivity contribution in [3.05, 3.63) is 52.2 Å². The Morgan fingerprint density at radius 2 is 2.00 bits per heavy atom. The molecule has 168 valence electrons. The van der Waals surface area contributed by atoms with Crippen LogP contribution in [-0.2, 0) is 10.3 Å². The van der Waals surface area contributed by atoms with Crippen molar-refractivity contribution in [1.82, 2.24) is 10.2 Å². The van der Waals surface area contributed by atoms with E-state index < -0.39 is 11.5 Å². The molecule has 2 aliphatic rings. The van der Waals surface area contributed by atoms with Crippen molar-refractivity contribution in [2.24, 2.45) is 11.3 Å². The summed E-state index contributed by atoms with van der Waals surface area (Å²) in [4.78, 5) is 25.2. The van der Waals surface area contributed by atoms with Gasteiger partial charge in [0.2, 0.25) is 0 Å². The van der Waals surface area contributed by atoms with Gasteiger partial charge in [0.05, 0.1) is 12.0 Å². The number of benzene rings is 1. The topological polar surface area (TPSA) is 69.6 Å². The van der Waals surface area contributed by atoms with Gasteiger partial charge in [-0.1, -0.05) is 57.5 Å². The number of carboxylic acids is 1. The summed E-state index contributed by atoms with van der Waals surface area (Å²) in [5, 5.41) is 12.8. The Hall–Kier alpha value is -2.27. The predicted molar refractivity (Wildman–Crippen MR) is 125 cm³/mol. The number of carbonyl (C=O) groups excluding carboxylic acids is 1. The molecule has 0 spiro atoms. The number of hydrogen-bond acceptors (Lipinski definition) is 2. The van der Waals surface area contributed by atoms with Gasteiger partial charge in [0.15, 0.2) is 0 Å². The maximum atomic E-state index is 12.8. The standard InChI is InChI=1S/C25H33ClN2O3/c1-16(2)20-15-28(13-10-22(29)30)23(31)27-25(20,5)18-6-7-19(21(26)14-18)17-8-11-24(3,4)12-9-17/h6-8,14-16H,9-13H2,1-5H3,(H,27,31)(H,29,30). The Balaban J connectivity index is 1.94. The molecule has 0 radical (unpaired) electrons. The Bertz CT molecular complexity index is 948. The van der Waals surface area contributed by atoms with Gasteiger partial charge in [0.1, 0.15) is 0 Å². The van der Waals surface area contributed by atoms with Crippen molar-refractivity contribution >= 4 is 29.2 Å². The van der Waals surface area contributed by atoms with E-state index in [1.54, 1.807) is 6.20 Å². The lowest BCUT2D eigenvalue weighted by Gasteiger charge is -2.42. The van der Waals surface area contributed by atoms with Gasteiger partial charge in [-0.15, -0.1) is 0 Å². The fourth-order valence-corrected chi connectivity index (χ4v) is 4.77. The lowest BCUT2D eigenvalue weighted by atomic mass is 9.76. The summed E-state index contributed by atoms with van der Waals surface area (Å²) < 4.78 is 0. The van der Waals surface area contributed by atoms with Crippen LogP contribution in [0.2, 0.25) is 5.02 Å². The van der Waals surface area contributed by atoms with E-state index in [9.17, 15) is 9.59 Å². The summed E-state index contributed by atoms with van der Waals surface area (Å²) in [5.74, 6) is -0.775. The lowest BCUT2D eigenvalue weighted by molar-refractivity contribution is -0.137. The van der Waals surface area contributed by atoms with E-state index in [2.05, 4.69) is 45.2 Å². The number of amides is 2. The van der Waals surface area contributed by atoms with Crippen molar-refractivity contribution in [2.75, 3.05) is 6.54 Å². The number of carboxylic acid groups (broad SMARTS) is 1. The molecule has 1 aromatic rings. The maximum absolute atomic E-state index is 12.8. The average Bonchev–Trinajstić information content (AvgIpc) is 2.67. The molecule has 5 nitrogen and oxygen atoms in total. The van der Waals surface area contributed by atoms with Crippen LogP contribution in [0.5, 0.6) is 0 Å². The van der Waals surface area contributed by atoms with Gasteiger partial charge in [-0.3, -0.25) is 4.79 Å². The first-order chi connectivity index (χ1) is 14.4. The van der Waals surface area contributed by atoms with E-state index in [1.807, 2.05) is 19.1 Å². The smallest absolute Gasteiger partial charge is 0.322 e. The fraction of sp³-hybridized carbons (Fsp3) is 0.520. The Labute approximate surface area is 190 Å². The van der Waals surface area contributed by atoms with E-state index in [-0.39, 0.29) is 24.9 Å². The van der Waals surface area contributed by atoms with Gasteiger partial charge in [0, 0.05) is 17.8 Å². The maximum Gasteiger partial charge on any atom is 0.322 e.